The third kappa shape index (κ3) is 5.96. The average molecular weight is 420 g/mol. The monoisotopic (exact) mass is 419 g/mol. The Morgan fingerprint density at radius 3 is 2.38 bits per heavy atom. The van der Waals surface area contributed by atoms with Crippen LogP contribution in [0.15, 0.2) is 41.4 Å². The molecule has 0 aliphatic carbocycles. The largest absolute Gasteiger partial charge is 0.364 e. The minimum absolute atomic E-state index is 0.235. The molecular formula is C21H33N5O2S. The SMILES string of the molecule is CCCS(=O)(=O)N1CCC(NC(=NC)NCc2ccc(N3CC=CC3)cc2)CC1. The van der Waals surface area contributed by atoms with Gasteiger partial charge in [0.05, 0.1) is 5.75 Å². The average Bonchev–Trinajstić information content (AvgIpc) is 3.27. The van der Waals surface area contributed by atoms with Gasteiger partial charge in [-0.1, -0.05) is 31.2 Å². The number of hydrogen-bond acceptors (Lipinski definition) is 4. The molecule has 1 aromatic rings. The predicted molar refractivity (Wildman–Crippen MR) is 120 cm³/mol. The van der Waals surface area contributed by atoms with Crippen molar-refractivity contribution in [3.8, 4) is 0 Å². The van der Waals surface area contributed by atoms with Gasteiger partial charge in [0.1, 0.15) is 0 Å². The van der Waals surface area contributed by atoms with Crippen LogP contribution in [0, 0.1) is 0 Å². The van der Waals surface area contributed by atoms with Crippen molar-refractivity contribution in [2.75, 3.05) is 43.9 Å². The lowest BCUT2D eigenvalue weighted by atomic mass is 10.1. The topological polar surface area (TPSA) is 77.0 Å². The van der Waals surface area contributed by atoms with Crippen LogP contribution in [0.25, 0.3) is 0 Å². The number of anilines is 1. The molecule has 0 unspecified atom stereocenters. The molecule has 1 saturated heterocycles. The number of guanidine groups is 1. The van der Waals surface area contributed by atoms with Crippen LogP contribution in [0.4, 0.5) is 5.69 Å². The first-order valence-corrected chi connectivity index (χ1v) is 12.1. The molecular weight excluding hydrogens is 386 g/mol. The third-order valence-electron chi connectivity index (χ3n) is 5.45. The van der Waals surface area contributed by atoms with Gasteiger partial charge >= 0.3 is 0 Å². The molecule has 2 N–H and O–H groups in total. The van der Waals surface area contributed by atoms with Crippen LogP contribution in [0.3, 0.4) is 0 Å². The van der Waals surface area contributed by atoms with E-state index in [2.05, 4.69) is 56.9 Å². The van der Waals surface area contributed by atoms with Crippen LogP contribution in [0.5, 0.6) is 0 Å². The molecule has 2 heterocycles. The van der Waals surface area contributed by atoms with Crippen LogP contribution >= 0.6 is 0 Å². The highest BCUT2D eigenvalue weighted by Crippen LogP contribution is 2.18. The number of piperidine rings is 1. The highest BCUT2D eigenvalue weighted by molar-refractivity contribution is 7.89. The maximum Gasteiger partial charge on any atom is 0.214 e. The lowest BCUT2D eigenvalue weighted by molar-refractivity contribution is 0.306. The molecule has 0 amide bonds. The summed E-state index contributed by atoms with van der Waals surface area (Å²) in [4.78, 5) is 6.65. The van der Waals surface area contributed by atoms with Gasteiger partial charge in [-0.15, -0.1) is 0 Å². The van der Waals surface area contributed by atoms with Crippen molar-refractivity contribution in [3.05, 3.63) is 42.0 Å². The van der Waals surface area contributed by atoms with Crippen molar-refractivity contribution >= 4 is 21.7 Å². The molecule has 0 aromatic heterocycles. The number of rotatable bonds is 7. The molecule has 2 aliphatic rings. The van der Waals surface area contributed by atoms with Crippen molar-refractivity contribution in [1.29, 1.82) is 0 Å². The zero-order chi connectivity index (χ0) is 20.7. The standard InChI is InChI=1S/C21H33N5O2S/c1-3-16-29(27,28)26-14-10-19(11-15-26)24-21(22-2)23-17-18-6-8-20(9-7-18)25-12-4-5-13-25/h4-9,19H,3,10-17H2,1-2H3,(H2,22,23,24). The second-order valence-electron chi connectivity index (χ2n) is 7.60. The minimum atomic E-state index is -3.09. The van der Waals surface area contributed by atoms with Gasteiger partial charge in [-0.3, -0.25) is 4.99 Å². The fourth-order valence-corrected chi connectivity index (χ4v) is 5.29. The molecule has 2 aliphatic heterocycles. The summed E-state index contributed by atoms with van der Waals surface area (Å²) in [7, 11) is -1.33. The Morgan fingerprint density at radius 1 is 1.14 bits per heavy atom. The van der Waals surface area contributed by atoms with E-state index in [-0.39, 0.29) is 11.8 Å². The Morgan fingerprint density at radius 2 is 1.79 bits per heavy atom. The molecule has 7 nitrogen and oxygen atoms in total. The van der Waals surface area contributed by atoms with Gasteiger partial charge in [0.2, 0.25) is 10.0 Å². The fraction of sp³-hybridized carbons (Fsp3) is 0.571. The molecule has 29 heavy (non-hydrogen) atoms. The van der Waals surface area contributed by atoms with Crippen LogP contribution in [-0.2, 0) is 16.6 Å². The van der Waals surface area contributed by atoms with Crippen molar-refractivity contribution in [2.24, 2.45) is 4.99 Å². The zero-order valence-corrected chi connectivity index (χ0v) is 18.3. The highest BCUT2D eigenvalue weighted by atomic mass is 32.2. The Balaban J connectivity index is 1.44. The second kappa shape index (κ2) is 10.1. The Bertz CT molecular complexity index is 804. The molecule has 0 saturated carbocycles. The summed E-state index contributed by atoms with van der Waals surface area (Å²) in [5, 5.41) is 6.80. The Kier molecular flexibility index (Phi) is 7.55. The van der Waals surface area contributed by atoms with Crippen molar-refractivity contribution in [2.45, 2.75) is 38.8 Å². The quantitative estimate of drug-likeness (QED) is 0.401. The summed E-state index contributed by atoms with van der Waals surface area (Å²) in [6.07, 6.45) is 6.63. The fourth-order valence-electron chi connectivity index (χ4n) is 3.75. The van der Waals surface area contributed by atoms with E-state index >= 15 is 0 Å². The Hall–Kier alpha value is -2.06. The van der Waals surface area contributed by atoms with Crippen LogP contribution in [0.2, 0.25) is 0 Å². The summed E-state index contributed by atoms with van der Waals surface area (Å²) in [6.45, 7) is 5.70. The van der Waals surface area contributed by atoms with E-state index in [9.17, 15) is 8.42 Å². The first-order valence-electron chi connectivity index (χ1n) is 10.5. The maximum atomic E-state index is 12.2. The molecule has 1 aromatic carbocycles. The number of sulfonamides is 1. The summed E-state index contributed by atoms with van der Waals surface area (Å²) in [5.41, 5.74) is 2.44. The van der Waals surface area contributed by atoms with E-state index in [1.54, 1.807) is 11.4 Å². The number of aliphatic imine (C=N–C) groups is 1. The first kappa shape index (κ1) is 21.6. The van der Waals surface area contributed by atoms with Gasteiger partial charge in [0, 0.05) is 51.5 Å². The molecule has 3 rings (SSSR count). The van der Waals surface area contributed by atoms with Gasteiger partial charge in [-0.05, 0) is 37.0 Å². The van der Waals surface area contributed by atoms with Crippen LogP contribution < -0.4 is 15.5 Å². The third-order valence-corrected chi connectivity index (χ3v) is 7.53. The predicted octanol–water partition coefficient (Wildman–Crippen LogP) is 1.93. The molecule has 1 fully saturated rings. The van der Waals surface area contributed by atoms with Gasteiger partial charge in [-0.25, -0.2) is 12.7 Å². The second-order valence-corrected chi connectivity index (χ2v) is 9.69. The molecule has 8 heteroatoms. The normalized spacial score (nSPS) is 19.0. The van der Waals surface area contributed by atoms with Crippen molar-refractivity contribution in [1.82, 2.24) is 14.9 Å². The maximum absolute atomic E-state index is 12.2. The lowest BCUT2D eigenvalue weighted by Gasteiger charge is -2.32. The summed E-state index contributed by atoms with van der Waals surface area (Å²) in [5.74, 6) is 0.995. The first-order chi connectivity index (χ1) is 14.0. The van der Waals surface area contributed by atoms with E-state index in [4.69, 9.17) is 0 Å². The number of hydrogen-bond donors (Lipinski definition) is 2. The van der Waals surface area contributed by atoms with E-state index in [1.165, 1.54) is 11.3 Å². The molecule has 0 spiro atoms. The highest BCUT2D eigenvalue weighted by Gasteiger charge is 2.27. The molecule has 0 bridgehead atoms. The summed E-state index contributed by atoms with van der Waals surface area (Å²) in [6, 6.07) is 8.84. The van der Waals surface area contributed by atoms with Crippen LogP contribution in [0.1, 0.15) is 31.7 Å². The van der Waals surface area contributed by atoms with Crippen LogP contribution in [-0.4, -0.2) is 63.7 Å². The smallest absolute Gasteiger partial charge is 0.214 e. The van der Waals surface area contributed by atoms with E-state index in [1.807, 2.05) is 6.92 Å². The lowest BCUT2D eigenvalue weighted by Crippen LogP contribution is -2.49. The Labute approximate surface area is 174 Å². The van der Waals surface area contributed by atoms with Crippen molar-refractivity contribution < 1.29 is 8.42 Å². The molecule has 0 radical (unpaired) electrons. The minimum Gasteiger partial charge on any atom is -0.364 e. The summed E-state index contributed by atoms with van der Waals surface area (Å²) < 4.78 is 26.0. The molecule has 160 valence electrons. The van der Waals surface area contributed by atoms with E-state index < -0.39 is 10.0 Å². The van der Waals surface area contributed by atoms with Gasteiger partial charge in [-0.2, -0.15) is 0 Å². The van der Waals surface area contributed by atoms with E-state index in [0.717, 1.165) is 31.9 Å². The number of nitrogens with one attached hydrogen (secondary N) is 2. The summed E-state index contributed by atoms with van der Waals surface area (Å²) >= 11 is 0. The van der Waals surface area contributed by atoms with E-state index in [0.29, 0.717) is 26.1 Å². The van der Waals surface area contributed by atoms with Gasteiger partial charge in [0.25, 0.3) is 0 Å². The number of benzene rings is 1. The van der Waals surface area contributed by atoms with Gasteiger partial charge in [0.15, 0.2) is 5.96 Å². The number of nitrogens with zero attached hydrogens (tertiary/aromatic N) is 3. The zero-order valence-electron chi connectivity index (χ0n) is 17.5. The van der Waals surface area contributed by atoms with Crippen molar-refractivity contribution in [3.63, 3.8) is 0 Å². The van der Waals surface area contributed by atoms with Gasteiger partial charge < -0.3 is 15.5 Å². The molecule has 0 atom stereocenters.